The molecule has 0 saturated carbocycles. The van der Waals surface area contributed by atoms with Crippen LogP contribution >= 0.6 is 0 Å². The number of para-hydroxylation sites is 1. The van der Waals surface area contributed by atoms with Crippen LogP contribution < -0.4 is 16.6 Å². The summed E-state index contributed by atoms with van der Waals surface area (Å²) in [6, 6.07) is 19.1. The van der Waals surface area contributed by atoms with Gasteiger partial charge in [0.2, 0.25) is 5.88 Å². The van der Waals surface area contributed by atoms with Crippen LogP contribution in [0.15, 0.2) is 81.3 Å². The summed E-state index contributed by atoms with van der Waals surface area (Å²) in [5, 5.41) is 15.0. The number of aryl methyl sites for hydroxylation is 1. The van der Waals surface area contributed by atoms with E-state index in [0.29, 0.717) is 16.9 Å². The number of fused-ring (bicyclic) bond motifs is 1. The first-order chi connectivity index (χ1) is 15.0. The summed E-state index contributed by atoms with van der Waals surface area (Å²) in [4.78, 5) is 42.7. The highest BCUT2D eigenvalue weighted by molar-refractivity contribution is 6.04. The summed E-state index contributed by atoms with van der Waals surface area (Å²) in [5.74, 6) is -0.607. The summed E-state index contributed by atoms with van der Waals surface area (Å²) in [5.41, 5.74) is -0.290. The van der Waals surface area contributed by atoms with Crippen molar-refractivity contribution >= 4 is 28.7 Å². The Morgan fingerprint density at radius 1 is 1.03 bits per heavy atom. The van der Waals surface area contributed by atoms with Crippen LogP contribution in [0.4, 0.5) is 10.5 Å². The van der Waals surface area contributed by atoms with Crippen molar-refractivity contribution in [3.05, 3.63) is 98.7 Å². The van der Waals surface area contributed by atoms with Gasteiger partial charge in [0, 0.05) is 5.39 Å². The van der Waals surface area contributed by atoms with Crippen LogP contribution in [0, 0.1) is 6.92 Å². The van der Waals surface area contributed by atoms with Crippen LogP contribution in [0.25, 0.3) is 16.5 Å². The molecule has 0 radical (unpaired) electrons. The third-order valence-electron chi connectivity index (χ3n) is 4.82. The van der Waals surface area contributed by atoms with E-state index in [4.69, 9.17) is 0 Å². The maximum atomic E-state index is 12.4. The van der Waals surface area contributed by atoms with Gasteiger partial charge in [0.1, 0.15) is 5.56 Å². The van der Waals surface area contributed by atoms with Crippen molar-refractivity contribution in [3.63, 3.8) is 0 Å². The fourth-order valence-electron chi connectivity index (χ4n) is 3.30. The lowest BCUT2D eigenvalue weighted by atomic mass is 10.1. The molecule has 0 atom stereocenters. The summed E-state index contributed by atoms with van der Waals surface area (Å²) in [7, 11) is 0. The maximum absolute atomic E-state index is 12.4. The molecule has 0 bridgehead atoms. The first-order valence-corrected chi connectivity index (χ1v) is 9.43. The summed E-state index contributed by atoms with van der Waals surface area (Å²) < 4.78 is 0.959. The standard InChI is InChI=1S/C23H18N4O4/c1-14-7-2-5-12-19(14)27-21(29)17(20(28)26-23(27)31)13-24-22(30)25-18-11-6-9-15-8-3-4-10-16(15)18/h2-13,29H,1H3,(H,25,30)(H,26,28,31). The van der Waals surface area contributed by atoms with Crippen molar-refractivity contribution in [3.8, 4) is 11.6 Å². The topological polar surface area (TPSA) is 117 Å². The van der Waals surface area contributed by atoms with E-state index in [1.165, 1.54) is 0 Å². The average Bonchev–Trinajstić information content (AvgIpc) is 2.75. The van der Waals surface area contributed by atoms with Crippen molar-refractivity contribution in [2.75, 3.05) is 5.32 Å². The van der Waals surface area contributed by atoms with E-state index in [1.807, 2.05) is 30.3 Å². The molecule has 0 aliphatic rings. The van der Waals surface area contributed by atoms with E-state index in [0.717, 1.165) is 21.6 Å². The number of nitrogens with zero attached hydrogens (tertiary/aromatic N) is 2. The molecule has 0 aliphatic heterocycles. The van der Waals surface area contributed by atoms with Crippen molar-refractivity contribution in [2.45, 2.75) is 6.92 Å². The number of carbonyl (C=O) groups is 1. The number of amides is 2. The van der Waals surface area contributed by atoms with Gasteiger partial charge in [-0.3, -0.25) is 9.78 Å². The number of aliphatic imine (C=N–C) groups is 1. The minimum atomic E-state index is -0.853. The Bertz CT molecular complexity index is 1440. The Morgan fingerprint density at radius 3 is 2.55 bits per heavy atom. The van der Waals surface area contributed by atoms with Gasteiger partial charge in [-0.25, -0.2) is 19.1 Å². The molecule has 4 rings (SSSR count). The predicted octanol–water partition coefficient (Wildman–Crippen LogP) is 3.34. The highest BCUT2D eigenvalue weighted by Crippen LogP contribution is 2.23. The first-order valence-electron chi connectivity index (χ1n) is 9.43. The molecule has 31 heavy (non-hydrogen) atoms. The van der Waals surface area contributed by atoms with Gasteiger partial charge in [-0.1, -0.05) is 54.6 Å². The van der Waals surface area contributed by atoms with Crippen LogP contribution in [-0.2, 0) is 0 Å². The lowest BCUT2D eigenvalue weighted by molar-refractivity contribution is 0.259. The number of nitrogens with one attached hydrogen (secondary N) is 2. The second-order valence-electron chi connectivity index (χ2n) is 6.83. The molecule has 154 valence electrons. The number of urea groups is 1. The summed E-state index contributed by atoms with van der Waals surface area (Å²) in [6.45, 7) is 1.76. The largest absolute Gasteiger partial charge is 0.493 e. The summed E-state index contributed by atoms with van der Waals surface area (Å²) in [6.07, 6.45) is 0.933. The van der Waals surface area contributed by atoms with Gasteiger partial charge in [-0.05, 0) is 30.0 Å². The number of hydrogen-bond acceptors (Lipinski definition) is 4. The van der Waals surface area contributed by atoms with Crippen LogP contribution in [0.3, 0.4) is 0 Å². The van der Waals surface area contributed by atoms with Gasteiger partial charge in [0.25, 0.3) is 5.56 Å². The molecule has 2 amide bonds. The molecule has 3 N–H and O–H groups in total. The van der Waals surface area contributed by atoms with Gasteiger partial charge < -0.3 is 10.4 Å². The SMILES string of the molecule is Cc1ccccc1-n1c(O)c(C=NC(=O)Nc2cccc3ccccc23)c(=O)[nH]c1=O. The zero-order chi connectivity index (χ0) is 22.0. The van der Waals surface area contributed by atoms with Gasteiger partial charge in [-0.15, -0.1) is 0 Å². The third kappa shape index (κ3) is 3.86. The number of rotatable bonds is 3. The lowest BCUT2D eigenvalue weighted by Crippen LogP contribution is -2.31. The van der Waals surface area contributed by atoms with Gasteiger partial charge in [-0.2, -0.15) is 0 Å². The monoisotopic (exact) mass is 414 g/mol. The summed E-state index contributed by atoms with van der Waals surface area (Å²) >= 11 is 0. The number of benzene rings is 3. The van der Waals surface area contributed by atoms with Crippen LogP contribution in [-0.4, -0.2) is 26.9 Å². The fraction of sp³-hybridized carbons (Fsp3) is 0.0435. The number of H-pyrrole nitrogens is 1. The molecular weight excluding hydrogens is 396 g/mol. The molecule has 0 unspecified atom stereocenters. The van der Waals surface area contributed by atoms with Crippen molar-refractivity contribution in [1.82, 2.24) is 9.55 Å². The van der Waals surface area contributed by atoms with E-state index in [1.54, 1.807) is 43.3 Å². The molecule has 1 heterocycles. The van der Waals surface area contributed by atoms with Crippen molar-refractivity contribution < 1.29 is 9.90 Å². The van der Waals surface area contributed by atoms with Gasteiger partial charge >= 0.3 is 11.7 Å². The molecule has 8 nitrogen and oxygen atoms in total. The molecule has 0 saturated heterocycles. The molecular formula is C23H18N4O4. The number of aromatic hydroxyl groups is 1. The zero-order valence-corrected chi connectivity index (χ0v) is 16.5. The highest BCUT2D eigenvalue weighted by Gasteiger charge is 2.16. The molecule has 0 fully saturated rings. The van der Waals surface area contributed by atoms with Crippen molar-refractivity contribution in [1.29, 1.82) is 0 Å². The molecule has 0 spiro atoms. The van der Waals surface area contributed by atoms with Crippen LogP contribution in [0.1, 0.15) is 11.1 Å². The highest BCUT2D eigenvalue weighted by atomic mass is 16.3. The maximum Gasteiger partial charge on any atom is 0.345 e. The second kappa shape index (κ2) is 8.11. The number of carbonyl (C=O) groups excluding carboxylic acids is 1. The number of anilines is 1. The molecule has 4 aromatic rings. The molecule has 0 aliphatic carbocycles. The van der Waals surface area contributed by atoms with Gasteiger partial charge in [0.05, 0.1) is 17.6 Å². The minimum Gasteiger partial charge on any atom is -0.493 e. The minimum absolute atomic E-state index is 0.309. The van der Waals surface area contributed by atoms with Gasteiger partial charge in [0.15, 0.2) is 0 Å². The lowest BCUT2D eigenvalue weighted by Gasteiger charge is -2.11. The first kappa shape index (κ1) is 19.8. The molecule has 3 aromatic carbocycles. The van der Waals surface area contributed by atoms with Crippen LogP contribution in [0.5, 0.6) is 5.88 Å². The van der Waals surface area contributed by atoms with E-state index < -0.39 is 23.2 Å². The normalized spacial score (nSPS) is 11.1. The fourth-order valence-corrected chi connectivity index (χ4v) is 3.30. The average molecular weight is 414 g/mol. The van der Waals surface area contributed by atoms with E-state index in [-0.39, 0.29) is 5.56 Å². The van der Waals surface area contributed by atoms with E-state index in [2.05, 4.69) is 15.3 Å². The number of hydrogen-bond donors (Lipinski definition) is 3. The predicted molar refractivity (Wildman–Crippen MR) is 120 cm³/mol. The Morgan fingerprint density at radius 2 is 1.74 bits per heavy atom. The van der Waals surface area contributed by atoms with E-state index >= 15 is 0 Å². The molecule has 1 aromatic heterocycles. The second-order valence-corrected chi connectivity index (χ2v) is 6.83. The smallest absolute Gasteiger partial charge is 0.345 e. The Labute approximate surface area is 176 Å². The number of aromatic nitrogens is 2. The molecule has 8 heteroatoms. The quantitative estimate of drug-likeness (QED) is 0.446. The Kier molecular flexibility index (Phi) is 5.19. The number of aromatic amines is 1. The zero-order valence-electron chi connectivity index (χ0n) is 16.5. The van der Waals surface area contributed by atoms with Crippen molar-refractivity contribution in [2.24, 2.45) is 4.99 Å². The van der Waals surface area contributed by atoms with Crippen LogP contribution in [0.2, 0.25) is 0 Å². The Hall–Kier alpha value is -4.46. The third-order valence-corrected chi connectivity index (χ3v) is 4.82. The van der Waals surface area contributed by atoms with E-state index in [9.17, 15) is 19.5 Å². The Balaban J connectivity index is 1.68.